The van der Waals surface area contributed by atoms with Gasteiger partial charge in [0.25, 0.3) is 0 Å². The topological polar surface area (TPSA) is 12.0 Å². The normalized spacial score (nSPS) is 12.6. The molecular formula is C14H15BrFNS. The molecular weight excluding hydrogens is 313 g/mol. The second-order valence-electron chi connectivity index (χ2n) is 4.05. The van der Waals surface area contributed by atoms with Gasteiger partial charge in [-0.1, -0.05) is 25.1 Å². The Bertz CT molecular complexity index is 512. The minimum atomic E-state index is -0.137. The van der Waals surface area contributed by atoms with Crippen LogP contribution in [0, 0.1) is 5.82 Å². The third-order valence-electron chi connectivity index (χ3n) is 2.89. The summed E-state index contributed by atoms with van der Waals surface area (Å²) in [5.41, 5.74) is 0.743. The van der Waals surface area contributed by atoms with E-state index in [0.29, 0.717) is 0 Å². The summed E-state index contributed by atoms with van der Waals surface area (Å²) in [6.45, 7) is 2.82. The largest absolute Gasteiger partial charge is 0.305 e. The molecule has 0 saturated carbocycles. The fourth-order valence-electron chi connectivity index (χ4n) is 1.90. The van der Waals surface area contributed by atoms with E-state index in [4.69, 9.17) is 0 Å². The molecule has 0 fully saturated rings. The first kappa shape index (κ1) is 13.7. The number of nitrogens with one attached hydrogen (secondary N) is 1. The second-order valence-corrected chi connectivity index (χ2v) is 5.91. The highest BCUT2D eigenvalue weighted by Gasteiger charge is 2.13. The molecule has 0 amide bonds. The molecule has 0 bridgehead atoms. The van der Waals surface area contributed by atoms with Crippen molar-refractivity contribution in [3.63, 3.8) is 0 Å². The molecule has 2 rings (SSSR count). The Morgan fingerprint density at radius 2 is 2.11 bits per heavy atom. The van der Waals surface area contributed by atoms with Crippen molar-refractivity contribution in [1.82, 2.24) is 5.32 Å². The second kappa shape index (κ2) is 6.45. The minimum Gasteiger partial charge on any atom is -0.305 e. The summed E-state index contributed by atoms with van der Waals surface area (Å²) in [6.07, 6.45) is 0.865. The van der Waals surface area contributed by atoms with Crippen molar-refractivity contribution in [2.75, 3.05) is 0 Å². The maximum atomic E-state index is 13.7. The summed E-state index contributed by atoms with van der Waals surface area (Å²) in [5, 5.41) is 5.46. The monoisotopic (exact) mass is 327 g/mol. The number of hydrogen-bond acceptors (Lipinski definition) is 2. The van der Waals surface area contributed by atoms with Gasteiger partial charge in [-0.15, -0.1) is 11.3 Å². The first-order valence-corrected chi connectivity index (χ1v) is 7.59. The molecule has 0 saturated heterocycles. The molecule has 0 spiro atoms. The maximum Gasteiger partial charge on any atom is 0.127 e. The van der Waals surface area contributed by atoms with Crippen LogP contribution < -0.4 is 5.32 Å². The van der Waals surface area contributed by atoms with Crippen molar-refractivity contribution in [3.05, 3.63) is 56.4 Å². The molecule has 0 aliphatic carbocycles. The summed E-state index contributed by atoms with van der Waals surface area (Å²) >= 11 is 5.20. The van der Waals surface area contributed by atoms with Crippen molar-refractivity contribution >= 4 is 27.3 Å². The van der Waals surface area contributed by atoms with Crippen LogP contribution in [0.4, 0.5) is 4.39 Å². The van der Waals surface area contributed by atoms with E-state index in [1.807, 2.05) is 23.6 Å². The number of halogens is 2. The van der Waals surface area contributed by atoms with Gasteiger partial charge in [-0.2, -0.15) is 0 Å². The summed E-state index contributed by atoms with van der Waals surface area (Å²) in [6, 6.07) is 9.05. The Balaban J connectivity index is 2.07. The van der Waals surface area contributed by atoms with Crippen LogP contribution in [0.25, 0.3) is 0 Å². The quantitative estimate of drug-likeness (QED) is 0.824. The number of benzene rings is 1. The SMILES string of the molecule is CCC(NCc1sccc1Br)c1ccccc1F. The van der Waals surface area contributed by atoms with Crippen LogP contribution in [0.5, 0.6) is 0 Å². The lowest BCUT2D eigenvalue weighted by molar-refractivity contribution is 0.489. The van der Waals surface area contributed by atoms with Crippen molar-refractivity contribution in [2.24, 2.45) is 0 Å². The van der Waals surface area contributed by atoms with Gasteiger partial charge in [0.1, 0.15) is 5.82 Å². The smallest absolute Gasteiger partial charge is 0.127 e. The van der Waals surface area contributed by atoms with Crippen molar-refractivity contribution in [3.8, 4) is 0 Å². The zero-order valence-corrected chi connectivity index (χ0v) is 12.5. The van der Waals surface area contributed by atoms with Crippen LogP contribution in [-0.4, -0.2) is 0 Å². The van der Waals surface area contributed by atoms with Crippen molar-refractivity contribution < 1.29 is 4.39 Å². The highest BCUT2D eigenvalue weighted by atomic mass is 79.9. The third-order valence-corrected chi connectivity index (χ3v) is 4.82. The molecule has 0 aliphatic heterocycles. The first-order chi connectivity index (χ1) is 8.72. The lowest BCUT2D eigenvalue weighted by Gasteiger charge is -2.17. The fourth-order valence-corrected chi connectivity index (χ4v) is 3.34. The van der Waals surface area contributed by atoms with Gasteiger partial charge < -0.3 is 5.32 Å². The van der Waals surface area contributed by atoms with Gasteiger partial charge in [-0.3, -0.25) is 0 Å². The maximum absolute atomic E-state index is 13.7. The van der Waals surface area contributed by atoms with Gasteiger partial charge in [-0.05, 0) is 39.9 Å². The Morgan fingerprint density at radius 3 is 2.72 bits per heavy atom. The summed E-state index contributed by atoms with van der Waals surface area (Å²) in [7, 11) is 0. The van der Waals surface area contributed by atoms with Gasteiger partial charge in [0.05, 0.1) is 0 Å². The molecule has 18 heavy (non-hydrogen) atoms. The summed E-state index contributed by atoms with van der Waals surface area (Å²) in [5.74, 6) is -0.137. The Labute approximate surface area is 119 Å². The van der Waals surface area contributed by atoms with Gasteiger partial charge >= 0.3 is 0 Å². The predicted octanol–water partition coefficient (Wildman–Crippen LogP) is 4.89. The van der Waals surface area contributed by atoms with Gasteiger partial charge in [0.2, 0.25) is 0 Å². The van der Waals surface area contributed by atoms with Crippen LogP contribution in [0.3, 0.4) is 0 Å². The standard InChI is InChI=1S/C14H15BrFNS/c1-2-13(10-5-3-4-6-12(10)16)17-9-14-11(15)7-8-18-14/h3-8,13,17H,2,9H2,1H3. The average Bonchev–Trinajstić information content (AvgIpc) is 2.78. The van der Waals surface area contributed by atoms with Gasteiger partial charge in [0.15, 0.2) is 0 Å². The van der Waals surface area contributed by atoms with Crippen molar-refractivity contribution in [2.45, 2.75) is 25.9 Å². The fraction of sp³-hybridized carbons (Fsp3) is 0.286. The van der Waals surface area contributed by atoms with Crippen LogP contribution >= 0.6 is 27.3 Å². The zero-order chi connectivity index (χ0) is 13.0. The first-order valence-electron chi connectivity index (χ1n) is 5.92. The van der Waals surface area contributed by atoms with E-state index in [1.54, 1.807) is 17.4 Å². The van der Waals surface area contributed by atoms with Crippen LogP contribution in [-0.2, 0) is 6.54 Å². The minimum absolute atomic E-state index is 0.0557. The predicted molar refractivity (Wildman–Crippen MR) is 78.3 cm³/mol. The molecule has 1 aromatic heterocycles. The Hall–Kier alpha value is -0.710. The molecule has 2 aromatic rings. The lowest BCUT2D eigenvalue weighted by Crippen LogP contribution is -2.20. The Morgan fingerprint density at radius 1 is 1.33 bits per heavy atom. The highest BCUT2D eigenvalue weighted by Crippen LogP contribution is 2.25. The molecule has 1 unspecified atom stereocenters. The lowest BCUT2D eigenvalue weighted by atomic mass is 10.0. The molecule has 1 heterocycles. The Kier molecular flexibility index (Phi) is 4.92. The zero-order valence-electron chi connectivity index (χ0n) is 10.1. The molecule has 1 aromatic carbocycles. The van der Waals surface area contributed by atoms with Crippen LogP contribution in [0.1, 0.15) is 29.8 Å². The molecule has 96 valence electrons. The van der Waals surface area contributed by atoms with Crippen molar-refractivity contribution in [1.29, 1.82) is 0 Å². The van der Waals surface area contributed by atoms with E-state index >= 15 is 0 Å². The molecule has 1 N–H and O–H groups in total. The molecule has 0 radical (unpaired) electrons. The number of thiophene rings is 1. The number of hydrogen-bond donors (Lipinski definition) is 1. The summed E-state index contributed by atoms with van der Waals surface area (Å²) < 4.78 is 14.8. The summed E-state index contributed by atoms with van der Waals surface area (Å²) in [4.78, 5) is 1.24. The molecule has 1 atom stereocenters. The van der Waals surface area contributed by atoms with E-state index in [0.717, 1.165) is 23.0 Å². The van der Waals surface area contributed by atoms with E-state index in [-0.39, 0.29) is 11.9 Å². The number of rotatable bonds is 5. The highest BCUT2D eigenvalue weighted by molar-refractivity contribution is 9.10. The van der Waals surface area contributed by atoms with E-state index in [2.05, 4.69) is 28.2 Å². The third kappa shape index (κ3) is 3.19. The molecule has 4 heteroatoms. The van der Waals surface area contributed by atoms with Crippen LogP contribution in [0.15, 0.2) is 40.2 Å². The van der Waals surface area contributed by atoms with Crippen LogP contribution in [0.2, 0.25) is 0 Å². The van der Waals surface area contributed by atoms with E-state index in [1.165, 1.54) is 10.9 Å². The van der Waals surface area contributed by atoms with E-state index in [9.17, 15) is 4.39 Å². The van der Waals surface area contributed by atoms with Gasteiger partial charge in [0, 0.05) is 27.5 Å². The van der Waals surface area contributed by atoms with Gasteiger partial charge in [-0.25, -0.2) is 4.39 Å². The molecule has 0 aliphatic rings. The molecule has 1 nitrogen and oxygen atoms in total. The average molecular weight is 328 g/mol. The van der Waals surface area contributed by atoms with E-state index < -0.39 is 0 Å².